The maximum atomic E-state index is 13.2. The highest BCUT2D eigenvalue weighted by Gasteiger charge is 2.66. The van der Waals surface area contributed by atoms with E-state index in [4.69, 9.17) is 18.6 Å². The monoisotopic (exact) mass is 499 g/mol. The number of nitrogens with zero attached hydrogens (tertiary/aromatic N) is 1. The minimum atomic E-state index is -1.14. The van der Waals surface area contributed by atoms with Gasteiger partial charge in [0.25, 0.3) is 0 Å². The predicted octanol–water partition coefficient (Wildman–Crippen LogP) is 4.09. The molecular weight excluding hydrogens is 462 g/mol. The van der Waals surface area contributed by atoms with Gasteiger partial charge in [0.1, 0.15) is 22.7 Å². The summed E-state index contributed by atoms with van der Waals surface area (Å²) in [6.07, 6.45) is 3.26. The standard InChI is InChI=1S/C28H37NO7/c1-15-17-12-21(30)28(5)24(27(17,4)10-9-18(15)35-26(2,3)33-6)23(31)22-20(36-28)13-19(34-25(22)32)16-8-7-11-29-14-16/h7-8,11,13-15,17-18,21,23-24,30-31H,9-10,12H2,1-6H3/t15?,17?,18?,21?,23?,24?,27-,28+/m0/s1. The maximum Gasteiger partial charge on any atom is 0.345 e. The van der Waals surface area contributed by atoms with Crippen molar-refractivity contribution in [2.45, 2.75) is 83.6 Å². The van der Waals surface area contributed by atoms with E-state index in [1.165, 1.54) is 0 Å². The second kappa shape index (κ2) is 8.65. The van der Waals surface area contributed by atoms with Crippen LogP contribution in [0.4, 0.5) is 0 Å². The summed E-state index contributed by atoms with van der Waals surface area (Å²) in [7, 11) is 1.63. The third-order valence-corrected chi connectivity index (χ3v) is 9.27. The van der Waals surface area contributed by atoms with Crippen molar-refractivity contribution in [1.82, 2.24) is 4.98 Å². The van der Waals surface area contributed by atoms with E-state index in [0.29, 0.717) is 17.7 Å². The molecule has 0 aromatic carbocycles. The molecule has 8 heteroatoms. The zero-order valence-electron chi connectivity index (χ0n) is 21.9. The minimum Gasteiger partial charge on any atom is -0.484 e. The maximum absolute atomic E-state index is 13.2. The molecule has 0 amide bonds. The number of hydrogen-bond donors (Lipinski definition) is 2. The number of hydrogen-bond acceptors (Lipinski definition) is 8. The lowest BCUT2D eigenvalue weighted by Crippen LogP contribution is -2.68. The van der Waals surface area contributed by atoms with Gasteiger partial charge in [-0.05, 0) is 69.4 Å². The lowest BCUT2D eigenvalue weighted by atomic mass is 9.46. The largest absolute Gasteiger partial charge is 0.484 e. The van der Waals surface area contributed by atoms with Gasteiger partial charge in [-0.1, -0.05) is 13.8 Å². The number of fused-ring (bicyclic) bond motifs is 4. The summed E-state index contributed by atoms with van der Waals surface area (Å²) in [5.74, 6) is -0.496. The highest BCUT2D eigenvalue weighted by molar-refractivity contribution is 5.59. The van der Waals surface area contributed by atoms with Gasteiger partial charge >= 0.3 is 5.63 Å². The third kappa shape index (κ3) is 3.81. The lowest BCUT2D eigenvalue weighted by molar-refractivity contribution is -0.277. The molecule has 0 bridgehead atoms. The van der Waals surface area contributed by atoms with E-state index < -0.39 is 40.6 Å². The van der Waals surface area contributed by atoms with Crippen LogP contribution in [0, 0.1) is 23.2 Å². The first-order valence-electron chi connectivity index (χ1n) is 12.8. The molecule has 196 valence electrons. The highest BCUT2D eigenvalue weighted by Crippen LogP contribution is 2.64. The molecule has 1 aliphatic heterocycles. The van der Waals surface area contributed by atoms with Crippen LogP contribution in [0.25, 0.3) is 11.3 Å². The van der Waals surface area contributed by atoms with E-state index in [1.807, 2.05) is 20.8 Å². The number of aliphatic hydroxyl groups is 2. The molecule has 0 radical (unpaired) electrons. The summed E-state index contributed by atoms with van der Waals surface area (Å²) < 4.78 is 23.9. The normalized spacial score (nSPS) is 37.9. The Labute approximate surface area is 211 Å². The van der Waals surface area contributed by atoms with Gasteiger partial charge in [-0.25, -0.2) is 4.79 Å². The topological polar surface area (TPSA) is 111 Å². The van der Waals surface area contributed by atoms with Gasteiger partial charge in [-0.2, -0.15) is 0 Å². The molecule has 2 aliphatic carbocycles. The van der Waals surface area contributed by atoms with Crippen LogP contribution in [0.15, 0.2) is 39.8 Å². The molecule has 8 nitrogen and oxygen atoms in total. The first kappa shape index (κ1) is 25.4. The van der Waals surface area contributed by atoms with E-state index in [2.05, 4.69) is 18.8 Å². The average molecular weight is 500 g/mol. The smallest absolute Gasteiger partial charge is 0.345 e. The number of methoxy groups -OCH3 is 1. The van der Waals surface area contributed by atoms with Crippen molar-refractivity contribution in [2.24, 2.45) is 23.2 Å². The summed E-state index contributed by atoms with van der Waals surface area (Å²) in [6, 6.07) is 5.16. The summed E-state index contributed by atoms with van der Waals surface area (Å²) in [4.78, 5) is 17.3. The van der Waals surface area contributed by atoms with Gasteiger partial charge in [-0.3, -0.25) is 4.98 Å². The molecule has 0 saturated heterocycles. The Morgan fingerprint density at radius 3 is 2.67 bits per heavy atom. The predicted molar refractivity (Wildman–Crippen MR) is 132 cm³/mol. The fraction of sp³-hybridized carbons (Fsp3) is 0.643. The number of aromatic nitrogens is 1. The van der Waals surface area contributed by atoms with Crippen LogP contribution in [0.5, 0.6) is 5.75 Å². The van der Waals surface area contributed by atoms with Gasteiger partial charge in [0.05, 0.1) is 18.3 Å². The first-order chi connectivity index (χ1) is 16.9. The van der Waals surface area contributed by atoms with Gasteiger partial charge in [0.15, 0.2) is 5.79 Å². The summed E-state index contributed by atoms with van der Waals surface area (Å²) in [5.41, 5.74) is -1.35. The molecule has 8 atom stereocenters. The van der Waals surface area contributed by atoms with Gasteiger partial charge in [-0.15, -0.1) is 0 Å². The van der Waals surface area contributed by atoms with Crippen LogP contribution in [-0.2, 0) is 9.47 Å². The summed E-state index contributed by atoms with van der Waals surface area (Å²) >= 11 is 0. The molecule has 2 N–H and O–H groups in total. The Kier molecular flexibility index (Phi) is 6.10. The second-order valence-electron chi connectivity index (χ2n) is 11.6. The van der Waals surface area contributed by atoms with Crippen molar-refractivity contribution in [1.29, 1.82) is 0 Å². The van der Waals surface area contributed by atoms with Crippen molar-refractivity contribution in [2.75, 3.05) is 7.11 Å². The molecule has 2 fully saturated rings. The van der Waals surface area contributed by atoms with Crippen LogP contribution < -0.4 is 10.4 Å². The van der Waals surface area contributed by atoms with E-state index in [9.17, 15) is 15.0 Å². The number of rotatable bonds is 4. The summed E-state index contributed by atoms with van der Waals surface area (Å²) in [5, 5.41) is 23.2. The Balaban J connectivity index is 1.54. The molecule has 5 rings (SSSR count). The first-order valence-corrected chi connectivity index (χ1v) is 12.8. The molecule has 0 spiro atoms. The Hall–Kier alpha value is -2.26. The fourth-order valence-corrected chi connectivity index (χ4v) is 7.24. The lowest BCUT2D eigenvalue weighted by Gasteiger charge is -2.64. The van der Waals surface area contributed by atoms with Crippen molar-refractivity contribution < 1.29 is 28.8 Å². The zero-order chi connectivity index (χ0) is 26.0. The molecular formula is C28H37NO7. The van der Waals surface area contributed by atoms with Crippen LogP contribution >= 0.6 is 0 Å². The Morgan fingerprint density at radius 1 is 1.25 bits per heavy atom. The molecule has 6 unspecified atom stereocenters. The van der Waals surface area contributed by atoms with Crippen LogP contribution in [0.2, 0.25) is 0 Å². The summed E-state index contributed by atoms with van der Waals surface area (Å²) in [6.45, 7) is 9.95. The van der Waals surface area contributed by atoms with Crippen molar-refractivity contribution in [3.63, 3.8) is 0 Å². The molecule has 3 heterocycles. The van der Waals surface area contributed by atoms with E-state index >= 15 is 0 Å². The quantitative estimate of drug-likeness (QED) is 0.605. The van der Waals surface area contributed by atoms with Crippen LogP contribution in [0.3, 0.4) is 0 Å². The molecule has 3 aliphatic rings. The van der Waals surface area contributed by atoms with E-state index in [0.717, 1.165) is 12.8 Å². The Bertz CT molecular complexity index is 1180. The van der Waals surface area contributed by atoms with Crippen LogP contribution in [-0.4, -0.2) is 45.9 Å². The van der Waals surface area contributed by atoms with Crippen molar-refractivity contribution in [3.8, 4) is 17.1 Å². The number of aliphatic hydroxyl groups excluding tert-OH is 2. The Morgan fingerprint density at radius 2 is 2.00 bits per heavy atom. The average Bonchev–Trinajstić information content (AvgIpc) is 2.83. The molecule has 2 saturated carbocycles. The van der Waals surface area contributed by atoms with Crippen LogP contribution in [0.1, 0.15) is 65.5 Å². The van der Waals surface area contributed by atoms with E-state index in [1.54, 1.807) is 37.7 Å². The third-order valence-electron chi connectivity index (χ3n) is 9.27. The molecule has 36 heavy (non-hydrogen) atoms. The van der Waals surface area contributed by atoms with E-state index in [-0.39, 0.29) is 29.3 Å². The zero-order valence-corrected chi connectivity index (χ0v) is 21.9. The second-order valence-corrected chi connectivity index (χ2v) is 11.6. The number of pyridine rings is 1. The fourth-order valence-electron chi connectivity index (χ4n) is 7.24. The number of ether oxygens (including phenoxy) is 3. The molecule has 2 aromatic heterocycles. The van der Waals surface area contributed by atoms with Crippen molar-refractivity contribution >= 4 is 0 Å². The van der Waals surface area contributed by atoms with Gasteiger partial charge < -0.3 is 28.8 Å². The SMILES string of the molecule is COC(C)(C)OC1CC[C@@]2(C)C(CC(O)[C@@]3(C)Oc4cc(-c5cccnc5)oc(=O)c4C(O)C23)C1C. The van der Waals surface area contributed by atoms with Gasteiger partial charge in [0.2, 0.25) is 0 Å². The minimum absolute atomic E-state index is 0.0457. The molecule has 2 aromatic rings. The van der Waals surface area contributed by atoms with Crippen molar-refractivity contribution in [3.05, 3.63) is 46.6 Å². The highest BCUT2D eigenvalue weighted by atomic mass is 16.7. The van der Waals surface area contributed by atoms with Gasteiger partial charge in [0, 0.05) is 37.1 Å².